The predicted octanol–water partition coefficient (Wildman–Crippen LogP) is 0.326. The standard InChI is InChI=1S/C13H16N2O4/c1-9(17)10-3-5-11(6-4-10)15-13(19)12(18)14-7-2-8-16/h3-6,16H,2,7-8H2,1H3,(H,14,18)(H,15,19). The van der Waals surface area contributed by atoms with Gasteiger partial charge in [0, 0.05) is 24.4 Å². The summed E-state index contributed by atoms with van der Waals surface area (Å²) < 4.78 is 0. The highest BCUT2D eigenvalue weighted by Gasteiger charge is 2.12. The fraction of sp³-hybridized carbons (Fsp3) is 0.308. The lowest BCUT2D eigenvalue weighted by atomic mass is 10.1. The Labute approximate surface area is 110 Å². The Kier molecular flexibility index (Phi) is 5.69. The van der Waals surface area contributed by atoms with Crippen LogP contribution in [0.3, 0.4) is 0 Å². The van der Waals surface area contributed by atoms with E-state index in [1.54, 1.807) is 24.3 Å². The van der Waals surface area contributed by atoms with Crippen LogP contribution < -0.4 is 10.6 Å². The number of hydrogen-bond acceptors (Lipinski definition) is 4. The number of carbonyl (C=O) groups excluding carboxylic acids is 3. The summed E-state index contributed by atoms with van der Waals surface area (Å²) in [7, 11) is 0. The van der Waals surface area contributed by atoms with Crippen molar-refractivity contribution in [1.82, 2.24) is 5.32 Å². The van der Waals surface area contributed by atoms with Crippen LogP contribution >= 0.6 is 0 Å². The number of anilines is 1. The van der Waals surface area contributed by atoms with Crippen molar-refractivity contribution in [3.05, 3.63) is 29.8 Å². The van der Waals surface area contributed by atoms with Gasteiger partial charge in [-0.15, -0.1) is 0 Å². The maximum absolute atomic E-state index is 11.5. The number of carbonyl (C=O) groups is 3. The van der Waals surface area contributed by atoms with Gasteiger partial charge in [0.2, 0.25) is 0 Å². The van der Waals surface area contributed by atoms with Gasteiger partial charge in [-0.05, 0) is 37.6 Å². The van der Waals surface area contributed by atoms with Gasteiger partial charge < -0.3 is 15.7 Å². The number of amides is 2. The van der Waals surface area contributed by atoms with E-state index in [0.717, 1.165) is 0 Å². The zero-order chi connectivity index (χ0) is 14.3. The molecule has 102 valence electrons. The molecule has 2 amide bonds. The SMILES string of the molecule is CC(=O)c1ccc(NC(=O)C(=O)NCCCO)cc1. The Balaban J connectivity index is 2.52. The van der Waals surface area contributed by atoms with Crippen LogP contribution in [0.1, 0.15) is 23.7 Å². The Hall–Kier alpha value is -2.21. The maximum atomic E-state index is 11.5. The number of aliphatic hydroxyl groups is 1. The van der Waals surface area contributed by atoms with Gasteiger partial charge in [-0.25, -0.2) is 0 Å². The van der Waals surface area contributed by atoms with Gasteiger partial charge in [0.05, 0.1) is 0 Å². The highest BCUT2D eigenvalue weighted by atomic mass is 16.3. The number of benzene rings is 1. The molecule has 0 aliphatic carbocycles. The zero-order valence-corrected chi connectivity index (χ0v) is 10.6. The van der Waals surface area contributed by atoms with Crippen LogP contribution in [0.25, 0.3) is 0 Å². The molecule has 0 bridgehead atoms. The summed E-state index contributed by atoms with van der Waals surface area (Å²) in [5, 5.41) is 13.3. The molecule has 0 aliphatic rings. The highest BCUT2D eigenvalue weighted by molar-refractivity contribution is 6.39. The lowest BCUT2D eigenvalue weighted by molar-refractivity contribution is -0.136. The fourth-order valence-corrected chi connectivity index (χ4v) is 1.34. The first-order valence-electron chi connectivity index (χ1n) is 5.85. The molecule has 0 saturated heterocycles. The van der Waals surface area contributed by atoms with Gasteiger partial charge >= 0.3 is 11.8 Å². The second kappa shape index (κ2) is 7.27. The molecule has 0 saturated carbocycles. The van der Waals surface area contributed by atoms with Crippen molar-refractivity contribution in [3.8, 4) is 0 Å². The van der Waals surface area contributed by atoms with Gasteiger partial charge in [-0.2, -0.15) is 0 Å². The predicted molar refractivity (Wildman–Crippen MR) is 69.8 cm³/mol. The van der Waals surface area contributed by atoms with Crippen molar-refractivity contribution >= 4 is 23.3 Å². The summed E-state index contributed by atoms with van der Waals surface area (Å²) in [6, 6.07) is 6.24. The summed E-state index contributed by atoms with van der Waals surface area (Å²) in [5.74, 6) is -1.61. The molecule has 3 N–H and O–H groups in total. The molecule has 0 fully saturated rings. The van der Waals surface area contributed by atoms with E-state index in [0.29, 0.717) is 17.7 Å². The van der Waals surface area contributed by atoms with Crippen LogP contribution in [0, 0.1) is 0 Å². The Morgan fingerprint density at radius 2 is 1.74 bits per heavy atom. The summed E-state index contributed by atoms with van der Waals surface area (Å²) in [6.07, 6.45) is 0.395. The van der Waals surface area contributed by atoms with Crippen LogP contribution in [0.2, 0.25) is 0 Å². The van der Waals surface area contributed by atoms with E-state index in [1.807, 2.05) is 0 Å². The largest absolute Gasteiger partial charge is 0.396 e. The summed E-state index contributed by atoms with van der Waals surface area (Å²) in [5.41, 5.74) is 0.970. The third-order valence-electron chi connectivity index (χ3n) is 2.38. The number of nitrogens with one attached hydrogen (secondary N) is 2. The van der Waals surface area contributed by atoms with Crippen LogP contribution in [0.15, 0.2) is 24.3 Å². The van der Waals surface area contributed by atoms with E-state index in [9.17, 15) is 14.4 Å². The smallest absolute Gasteiger partial charge is 0.313 e. The summed E-state index contributed by atoms with van der Waals surface area (Å²) in [6.45, 7) is 1.64. The van der Waals surface area contributed by atoms with Gasteiger partial charge in [0.25, 0.3) is 0 Å². The Morgan fingerprint density at radius 3 is 2.26 bits per heavy atom. The van der Waals surface area contributed by atoms with Crippen molar-refractivity contribution in [2.75, 3.05) is 18.5 Å². The van der Waals surface area contributed by atoms with Crippen molar-refractivity contribution in [1.29, 1.82) is 0 Å². The van der Waals surface area contributed by atoms with Crippen LogP contribution in [-0.4, -0.2) is 35.9 Å². The van der Waals surface area contributed by atoms with E-state index in [-0.39, 0.29) is 18.9 Å². The van der Waals surface area contributed by atoms with Crippen molar-refractivity contribution in [2.45, 2.75) is 13.3 Å². The number of Topliss-reactive ketones (excluding diaryl/α,β-unsaturated/α-hetero) is 1. The van der Waals surface area contributed by atoms with Gasteiger partial charge in [-0.1, -0.05) is 0 Å². The third-order valence-corrected chi connectivity index (χ3v) is 2.38. The zero-order valence-electron chi connectivity index (χ0n) is 10.6. The molecule has 0 aliphatic heterocycles. The molecule has 1 rings (SSSR count). The fourth-order valence-electron chi connectivity index (χ4n) is 1.34. The molecule has 6 nitrogen and oxygen atoms in total. The molecule has 1 aromatic rings. The molecule has 19 heavy (non-hydrogen) atoms. The minimum Gasteiger partial charge on any atom is -0.396 e. The lowest BCUT2D eigenvalue weighted by Gasteiger charge is -2.06. The quantitative estimate of drug-likeness (QED) is 0.405. The first kappa shape index (κ1) is 14.8. The minimum absolute atomic E-state index is 0.0472. The molecule has 0 radical (unpaired) electrons. The van der Waals surface area contributed by atoms with Crippen LogP contribution in [-0.2, 0) is 9.59 Å². The molecule has 0 heterocycles. The first-order chi connectivity index (χ1) is 9.04. The molecule has 0 spiro atoms. The number of ketones is 1. The van der Waals surface area contributed by atoms with E-state index < -0.39 is 11.8 Å². The van der Waals surface area contributed by atoms with Gasteiger partial charge in [-0.3, -0.25) is 14.4 Å². The third kappa shape index (κ3) is 4.89. The average Bonchev–Trinajstić information content (AvgIpc) is 2.39. The normalized spacial score (nSPS) is 9.79. The molecular formula is C13H16N2O4. The Bertz CT molecular complexity index is 468. The molecule has 0 atom stereocenters. The summed E-state index contributed by atoms with van der Waals surface area (Å²) >= 11 is 0. The maximum Gasteiger partial charge on any atom is 0.313 e. The van der Waals surface area contributed by atoms with Gasteiger partial charge in [0.1, 0.15) is 0 Å². The topological polar surface area (TPSA) is 95.5 Å². The highest BCUT2D eigenvalue weighted by Crippen LogP contribution is 2.09. The average molecular weight is 264 g/mol. The second-order valence-corrected chi connectivity index (χ2v) is 3.92. The molecule has 1 aromatic carbocycles. The van der Waals surface area contributed by atoms with E-state index in [2.05, 4.69) is 10.6 Å². The Morgan fingerprint density at radius 1 is 1.11 bits per heavy atom. The first-order valence-corrected chi connectivity index (χ1v) is 5.85. The minimum atomic E-state index is -0.784. The number of aliphatic hydroxyl groups excluding tert-OH is 1. The van der Waals surface area contributed by atoms with Crippen LogP contribution in [0.4, 0.5) is 5.69 Å². The van der Waals surface area contributed by atoms with Gasteiger partial charge in [0.15, 0.2) is 5.78 Å². The van der Waals surface area contributed by atoms with Crippen LogP contribution in [0.5, 0.6) is 0 Å². The molecule has 6 heteroatoms. The van der Waals surface area contributed by atoms with Crippen molar-refractivity contribution in [2.24, 2.45) is 0 Å². The second-order valence-electron chi connectivity index (χ2n) is 3.92. The van der Waals surface area contributed by atoms with E-state index in [4.69, 9.17) is 5.11 Å². The molecule has 0 unspecified atom stereocenters. The summed E-state index contributed by atoms with van der Waals surface area (Å²) in [4.78, 5) is 33.9. The van der Waals surface area contributed by atoms with E-state index in [1.165, 1.54) is 6.92 Å². The lowest BCUT2D eigenvalue weighted by Crippen LogP contribution is -2.36. The number of rotatable bonds is 5. The van der Waals surface area contributed by atoms with Crippen molar-refractivity contribution in [3.63, 3.8) is 0 Å². The number of hydrogen-bond donors (Lipinski definition) is 3. The monoisotopic (exact) mass is 264 g/mol. The van der Waals surface area contributed by atoms with Crippen molar-refractivity contribution < 1.29 is 19.5 Å². The molecule has 0 aromatic heterocycles. The van der Waals surface area contributed by atoms with E-state index >= 15 is 0 Å². The molecular weight excluding hydrogens is 248 g/mol.